The third-order valence-electron chi connectivity index (χ3n) is 4.10. The van der Waals surface area contributed by atoms with Gasteiger partial charge in [-0.15, -0.1) is 0 Å². The van der Waals surface area contributed by atoms with Crippen molar-refractivity contribution in [2.75, 3.05) is 6.61 Å². The molecule has 0 amide bonds. The molecule has 3 rings (SSSR count). The van der Waals surface area contributed by atoms with Crippen LogP contribution >= 0.6 is 15.9 Å². The summed E-state index contributed by atoms with van der Waals surface area (Å²) in [4.78, 5) is 24.1. The van der Waals surface area contributed by atoms with Gasteiger partial charge in [-0.05, 0) is 30.7 Å². The first-order valence-electron chi connectivity index (χ1n) is 6.78. The van der Waals surface area contributed by atoms with Crippen molar-refractivity contribution in [2.45, 2.75) is 12.8 Å². The highest BCUT2D eigenvalue weighted by Crippen LogP contribution is 2.43. The Bertz CT molecular complexity index is 579. The lowest BCUT2D eigenvalue weighted by Crippen LogP contribution is -2.24. The van der Waals surface area contributed by atoms with Crippen molar-refractivity contribution in [3.8, 4) is 0 Å². The van der Waals surface area contributed by atoms with Crippen LogP contribution in [0.3, 0.4) is 0 Å². The second-order valence-corrected chi connectivity index (χ2v) is 6.25. The number of ether oxygens (including phenoxy) is 1. The Kier molecular flexibility index (Phi) is 3.74. The lowest BCUT2D eigenvalue weighted by atomic mass is 9.94. The second kappa shape index (κ2) is 5.52. The first-order chi connectivity index (χ1) is 9.65. The van der Waals surface area contributed by atoms with Crippen molar-refractivity contribution < 1.29 is 14.3 Å². The van der Waals surface area contributed by atoms with Crippen LogP contribution in [0.2, 0.25) is 0 Å². The summed E-state index contributed by atoms with van der Waals surface area (Å²) < 4.78 is 5.93. The zero-order valence-electron chi connectivity index (χ0n) is 10.9. The van der Waals surface area contributed by atoms with Crippen molar-refractivity contribution in [1.29, 1.82) is 0 Å². The molecule has 1 aromatic rings. The standard InChI is InChI=1S/C16H15BrO3/c17-14-4-2-1-3-12(14)15(18)9-20-16(19)13-8-10-5-6-11(13)7-10/h1-6,10-11,13H,7-9H2/t10-,11+,13+/m1/s1. The molecule has 2 aliphatic carbocycles. The van der Waals surface area contributed by atoms with Crippen LogP contribution in [-0.4, -0.2) is 18.4 Å². The van der Waals surface area contributed by atoms with Gasteiger partial charge < -0.3 is 4.74 Å². The van der Waals surface area contributed by atoms with Crippen molar-refractivity contribution in [3.05, 3.63) is 46.5 Å². The minimum atomic E-state index is -0.234. The fourth-order valence-corrected chi connectivity index (χ4v) is 3.57. The number of rotatable bonds is 4. The monoisotopic (exact) mass is 334 g/mol. The van der Waals surface area contributed by atoms with E-state index in [-0.39, 0.29) is 24.3 Å². The SMILES string of the molecule is O=C(COC(=O)[C@H]1C[C@@H]2C=C[C@H]1C2)c1ccccc1Br. The lowest BCUT2D eigenvalue weighted by molar-refractivity contribution is -0.148. The molecule has 2 bridgehead atoms. The summed E-state index contributed by atoms with van der Waals surface area (Å²) >= 11 is 3.33. The number of hydrogen-bond acceptors (Lipinski definition) is 3. The molecule has 3 atom stereocenters. The van der Waals surface area contributed by atoms with Crippen molar-refractivity contribution in [2.24, 2.45) is 17.8 Å². The van der Waals surface area contributed by atoms with E-state index in [4.69, 9.17) is 4.74 Å². The first kappa shape index (κ1) is 13.6. The summed E-state index contributed by atoms with van der Waals surface area (Å²) in [6, 6.07) is 7.16. The zero-order valence-corrected chi connectivity index (χ0v) is 12.5. The molecular formula is C16H15BrO3. The quantitative estimate of drug-likeness (QED) is 0.481. The smallest absolute Gasteiger partial charge is 0.310 e. The van der Waals surface area contributed by atoms with Gasteiger partial charge in [0.05, 0.1) is 5.92 Å². The van der Waals surface area contributed by atoms with Crippen LogP contribution in [0.25, 0.3) is 0 Å². The Hall–Kier alpha value is -1.42. The van der Waals surface area contributed by atoms with E-state index in [0.29, 0.717) is 17.4 Å². The highest BCUT2D eigenvalue weighted by atomic mass is 79.9. The van der Waals surface area contributed by atoms with Gasteiger partial charge in [0.1, 0.15) is 0 Å². The summed E-state index contributed by atoms with van der Waals surface area (Å²) in [5, 5.41) is 0. The molecule has 104 valence electrons. The zero-order chi connectivity index (χ0) is 14.1. The van der Waals surface area contributed by atoms with Crippen LogP contribution in [-0.2, 0) is 9.53 Å². The average Bonchev–Trinajstić information content (AvgIpc) is 3.07. The number of ketones is 1. The minimum Gasteiger partial charge on any atom is -0.457 e. The second-order valence-electron chi connectivity index (χ2n) is 5.40. The maximum Gasteiger partial charge on any atom is 0.310 e. The molecule has 0 aromatic heterocycles. The van der Waals surface area contributed by atoms with Crippen LogP contribution in [0.4, 0.5) is 0 Å². The normalized spacial score (nSPS) is 26.8. The molecule has 0 aliphatic heterocycles. The molecule has 0 heterocycles. The van der Waals surface area contributed by atoms with E-state index in [1.807, 2.05) is 6.07 Å². The summed E-state index contributed by atoms with van der Waals surface area (Å²) in [5.74, 6) is 0.367. The van der Waals surface area contributed by atoms with E-state index in [9.17, 15) is 9.59 Å². The molecule has 0 saturated heterocycles. The highest BCUT2D eigenvalue weighted by Gasteiger charge is 2.40. The number of halogens is 1. The van der Waals surface area contributed by atoms with Crippen LogP contribution in [0.1, 0.15) is 23.2 Å². The maximum atomic E-state index is 12.0. The van der Waals surface area contributed by atoms with E-state index in [2.05, 4.69) is 28.1 Å². The number of hydrogen-bond donors (Lipinski definition) is 0. The predicted molar refractivity (Wildman–Crippen MR) is 78.3 cm³/mol. The number of carbonyl (C=O) groups excluding carboxylic acids is 2. The van der Waals surface area contributed by atoms with Crippen molar-refractivity contribution in [1.82, 2.24) is 0 Å². The van der Waals surface area contributed by atoms with Crippen molar-refractivity contribution in [3.63, 3.8) is 0 Å². The lowest BCUT2D eigenvalue weighted by Gasteiger charge is -2.16. The van der Waals surface area contributed by atoms with Crippen molar-refractivity contribution >= 4 is 27.7 Å². The number of fused-ring (bicyclic) bond motifs is 2. The van der Waals surface area contributed by atoms with Gasteiger partial charge in [-0.1, -0.05) is 46.3 Å². The first-order valence-corrected chi connectivity index (χ1v) is 7.57. The Balaban J connectivity index is 1.57. The molecule has 3 nitrogen and oxygen atoms in total. The maximum absolute atomic E-state index is 12.0. The van der Waals surface area contributed by atoms with E-state index in [1.54, 1.807) is 18.2 Å². The number of Topliss-reactive ketones (excluding diaryl/α,β-unsaturated/α-hetero) is 1. The molecule has 1 saturated carbocycles. The summed E-state index contributed by atoms with van der Waals surface area (Å²) in [7, 11) is 0. The number of benzene rings is 1. The highest BCUT2D eigenvalue weighted by molar-refractivity contribution is 9.10. The number of allylic oxidation sites excluding steroid dienone is 2. The molecule has 0 N–H and O–H groups in total. The Morgan fingerprint density at radius 3 is 2.65 bits per heavy atom. The van der Waals surface area contributed by atoms with E-state index < -0.39 is 0 Å². The van der Waals surface area contributed by atoms with Gasteiger partial charge in [0, 0.05) is 10.0 Å². The topological polar surface area (TPSA) is 43.4 Å². The van der Waals surface area contributed by atoms with Crippen LogP contribution in [0, 0.1) is 17.8 Å². The largest absolute Gasteiger partial charge is 0.457 e. The summed E-state index contributed by atoms with van der Waals surface area (Å²) in [5.41, 5.74) is 0.549. The molecule has 4 heteroatoms. The van der Waals surface area contributed by atoms with Gasteiger partial charge in [0.15, 0.2) is 6.61 Å². The molecule has 0 radical (unpaired) electrons. The van der Waals surface area contributed by atoms with Gasteiger partial charge >= 0.3 is 5.97 Å². The van der Waals surface area contributed by atoms with Gasteiger partial charge in [-0.3, -0.25) is 9.59 Å². The van der Waals surface area contributed by atoms with Gasteiger partial charge in [0.2, 0.25) is 5.78 Å². The third kappa shape index (κ3) is 2.57. The van der Waals surface area contributed by atoms with Gasteiger partial charge in [0.25, 0.3) is 0 Å². The molecular weight excluding hydrogens is 320 g/mol. The van der Waals surface area contributed by atoms with Gasteiger partial charge in [-0.25, -0.2) is 0 Å². The average molecular weight is 335 g/mol. The Morgan fingerprint density at radius 1 is 1.20 bits per heavy atom. The molecule has 1 fully saturated rings. The molecule has 0 spiro atoms. The Labute approximate surface area is 126 Å². The molecule has 20 heavy (non-hydrogen) atoms. The van der Waals surface area contributed by atoms with E-state index in [0.717, 1.165) is 17.3 Å². The van der Waals surface area contributed by atoms with Crippen LogP contribution in [0.15, 0.2) is 40.9 Å². The fourth-order valence-electron chi connectivity index (χ4n) is 3.06. The van der Waals surface area contributed by atoms with E-state index >= 15 is 0 Å². The minimum absolute atomic E-state index is 0.0583. The van der Waals surface area contributed by atoms with Crippen LogP contribution in [0.5, 0.6) is 0 Å². The number of carbonyl (C=O) groups is 2. The Morgan fingerprint density at radius 2 is 2.00 bits per heavy atom. The third-order valence-corrected chi connectivity index (χ3v) is 4.79. The molecule has 2 aliphatic rings. The predicted octanol–water partition coefficient (Wildman–Crippen LogP) is 3.39. The molecule has 1 aromatic carbocycles. The fraction of sp³-hybridized carbons (Fsp3) is 0.375. The number of esters is 1. The van der Waals surface area contributed by atoms with Gasteiger partial charge in [-0.2, -0.15) is 0 Å². The molecule has 0 unspecified atom stereocenters. The van der Waals surface area contributed by atoms with Crippen LogP contribution < -0.4 is 0 Å². The van der Waals surface area contributed by atoms with E-state index in [1.165, 1.54) is 0 Å². The summed E-state index contributed by atoms with van der Waals surface area (Å²) in [6.07, 6.45) is 6.21. The summed E-state index contributed by atoms with van der Waals surface area (Å²) in [6.45, 7) is -0.182.